The largest absolute Gasteiger partial charge is 0.469 e. The Bertz CT molecular complexity index is 342. The minimum atomic E-state index is -0.167. The summed E-state index contributed by atoms with van der Waals surface area (Å²) in [5.41, 5.74) is 0.963. The van der Waals surface area contributed by atoms with Crippen LogP contribution in [0.15, 0.2) is 12.3 Å². The Kier molecular flexibility index (Phi) is 5.42. The predicted molar refractivity (Wildman–Crippen MR) is 59.7 cm³/mol. The van der Waals surface area contributed by atoms with Crippen molar-refractivity contribution in [2.45, 2.75) is 26.3 Å². The van der Waals surface area contributed by atoms with E-state index in [-0.39, 0.29) is 5.97 Å². The van der Waals surface area contributed by atoms with E-state index in [0.29, 0.717) is 13.0 Å². The lowest BCUT2D eigenvalue weighted by atomic mass is 10.3. The highest BCUT2D eigenvalue weighted by Crippen LogP contribution is 1.95. The van der Waals surface area contributed by atoms with E-state index in [1.165, 1.54) is 7.11 Å². The van der Waals surface area contributed by atoms with Gasteiger partial charge in [0.1, 0.15) is 5.82 Å². The molecule has 0 aliphatic heterocycles. The molecular formula is C11H17N3O2. The molecule has 88 valence electrons. The molecule has 0 amide bonds. The SMILES string of the molecule is COC(=O)CCCNCc1ccnc(C)n1. The van der Waals surface area contributed by atoms with Gasteiger partial charge in [-0.3, -0.25) is 4.79 Å². The molecule has 1 N–H and O–H groups in total. The highest BCUT2D eigenvalue weighted by Gasteiger charge is 1.99. The van der Waals surface area contributed by atoms with Crippen LogP contribution in [-0.4, -0.2) is 29.6 Å². The van der Waals surface area contributed by atoms with Crippen LogP contribution < -0.4 is 5.32 Å². The topological polar surface area (TPSA) is 64.1 Å². The molecule has 0 radical (unpaired) electrons. The minimum Gasteiger partial charge on any atom is -0.469 e. The Labute approximate surface area is 95.3 Å². The van der Waals surface area contributed by atoms with Crippen LogP contribution in [0.1, 0.15) is 24.4 Å². The molecule has 1 aromatic heterocycles. The second kappa shape index (κ2) is 6.90. The molecule has 0 fully saturated rings. The zero-order valence-corrected chi connectivity index (χ0v) is 9.69. The van der Waals surface area contributed by atoms with Crippen LogP contribution in [0, 0.1) is 6.92 Å². The molecule has 0 spiro atoms. The maximum atomic E-state index is 10.8. The van der Waals surface area contributed by atoms with E-state index in [1.807, 2.05) is 13.0 Å². The van der Waals surface area contributed by atoms with E-state index >= 15 is 0 Å². The molecule has 5 nitrogen and oxygen atoms in total. The molecule has 1 rings (SSSR count). The van der Waals surface area contributed by atoms with Gasteiger partial charge in [0.15, 0.2) is 0 Å². The molecule has 16 heavy (non-hydrogen) atoms. The van der Waals surface area contributed by atoms with Crippen molar-refractivity contribution in [1.29, 1.82) is 0 Å². The third-order valence-corrected chi connectivity index (χ3v) is 2.10. The smallest absolute Gasteiger partial charge is 0.305 e. The summed E-state index contributed by atoms with van der Waals surface area (Å²) in [5, 5.41) is 3.21. The average molecular weight is 223 g/mol. The van der Waals surface area contributed by atoms with E-state index in [2.05, 4.69) is 20.0 Å². The van der Waals surface area contributed by atoms with E-state index in [9.17, 15) is 4.79 Å². The summed E-state index contributed by atoms with van der Waals surface area (Å²) < 4.78 is 4.54. The van der Waals surface area contributed by atoms with Crippen molar-refractivity contribution in [3.8, 4) is 0 Å². The number of carbonyl (C=O) groups excluding carboxylic acids is 1. The van der Waals surface area contributed by atoms with Crippen LogP contribution in [0.25, 0.3) is 0 Å². The number of esters is 1. The van der Waals surface area contributed by atoms with Crippen LogP contribution in [-0.2, 0) is 16.1 Å². The van der Waals surface area contributed by atoms with Gasteiger partial charge in [-0.25, -0.2) is 9.97 Å². The first-order chi connectivity index (χ1) is 7.72. The molecule has 0 aromatic carbocycles. The molecule has 0 bridgehead atoms. The normalized spacial score (nSPS) is 10.1. The summed E-state index contributed by atoms with van der Waals surface area (Å²) in [5.74, 6) is 0.605. The van der Waals surface area contributed by atoms with Gasteiger partial charge >= 0.3 is 5.97 Å². The molecular weight excluding hydrogens is 206 g/mol. The lowest BCUT2D eigenvalue weighted by molar-refractivity contribution is -0.140. The molecule has 0 saturated heterocycles. The summed E-state index contributed by atoms with van der Waals surface area (Å²) in [4.78, 5) is 19.1. The Morgan fingerprint density at radius 2 is 2.38 bits per heavy atom. The van der Waals surface area contributed by atoms with Crippen molar-refractivity contribution < 1.29 is 9.53 Å². The van der Waals surface area contributed by atoms with Crippen LogP contribution in [0.3, 0.4) is 0 Å². The predicted octanol–water partition coefficient (Wildman–Crippen LogP) is 0.828. The monoisotopic (exact) mass is 223 g/mol. The van der Waals surface area contributed by atoms with Crippen molar-refractivity contribution in [1.82, 2.24) is 15.3 Å². The molecule has 0 saturated carbocycles. The highest BCUT2D eigenvalue weighted by molar-refractivity contribution is 5.69. The van der Waals surface area contributed by atoms with Crippen LogP contribution in [0.5, 0.6) is 0 Å². The Morgan fingerprint density at radius 3 is 3.06 bits per heavy atom. The fourth-order valence-corrected chi connectivity index (χ4v) is 1.28. The van der Waals surface area contributed by atoms with E-state index in [1.54, 1.807) is 6.20 Å². The zero-order chi connectivity index (χ0) is 11.8. The van der Waals surface area contributed by atoms with Crippen molar-refractivity contribution in [2.75, 3.05) is 13.7 Å². The summed E-state index contributed by atoms with van der Waals surface area (Å²) >= 11 is 0. The van der Waals surface area contributed by atoms with Crippen LogP contribution in [0.2, 0.25) is 0 Å². The Morgan fingerprint density at radius 1 is 1.56 bits per heavy atom. The quantitative estimate of drug-likeness (QED) is 0.571. The number of ether oxygens (including phenoxy) is 1. The fraction of sp³-hybridized carbons (Fsp3) is 0.545. The summed E-state index contributed by atoms with van der Waals surface area (Å²) in [6.45, 7) is 3.34. The van der Waals surface area contributed by atoms with Crippen molar-refractivity contribution >= 4 is 5.97 Å². The molecule has 5 heteroatoms. The number of aryl methyl sites for hydroxylation is 1. The van der Waals surface area contributed by atoms with Crippen molar-refractivity contribution in [3.63, 3.8) is 0 Å². The molecule has 0 unspecified atom stereocenters. The van der Waals surface area contributed by atoms with Crippen molar-refractivity contribution in [2.24, 2.45) is 0 Å². The first kappa shape index (κ1) is 12.6. The number of carbonyl (C=O) groups is 1. The van der Waals surface area contributed by atoms with Gasteiger partial charge in [0.05, 0.1) is 12.8 Å². The summed E-state index contributed by atoms with van der Waals surface area (Å²) in [7, 11) is 1.40. The molecule has 0 aliphatic rings. The zero-order valence-electron chi connectivity index (χ0n) is 9.69. The number of nitrogens with one attached hydrogen (secondary N) is 1. The Hall–Kier alpha value is -1.49. The van der Waals surface area contributed by atoms with Crippen molar-refractivity contribution in [3.05, 3.63) is 23.8 Å². The number of nitrogens with zero attached hydrogens (tertiary/aromatic N) is 2. The van der Waals surface area contributed by atoms with Gasteiger partial charge in [-0.15, -0.1) is 0 Å². The standard InChI is InChI=1S/C11H17N3O2/c1-9-13-7-5-10(14-9)8-12-6-3-4-11(15)16-2/h5,7,12H,3-4,6,8H2,1-2H3. The Balaban J connectivity index is 2.14. The number of hydrogen-bond donors (Lipinski definition) is 1. The third kappa shape index (κ3) is 4.84. The molecule has 1 heterocycles. The van der Waals surface area contributed by atoms with Crippen LogP contribution in [0.4, 0.5) is 0 Å². The maximum absolute atomic E-state index is 10.8. The highest BCUT2D eigenvalue weighted by atomic mass is 16.5. The number of methoxy groups -OCH3 is 1. The molecule has 0 aliphatic carbocycles. The summed E-state index contributed by atoms with van der Waals surface area (Å²) in [6.07, 6.45) is 2.97. The van der Waals surface area contributed by atoms with Gasteiger partial charge in [0.25, 0.3) is 0 Å². The average Bonchev–Trinajstić information content (AvgIpc) is 2.28. The third-order valence-electron chi connectivity index (χ3n) is 2.10. The van der Waals surface area contributed by atoms with E-state index in [4.69, 9.17) is 0 Å². The molecule has 1 aromatic rings. The first-order valence-corrected chi connectivity index (χ1v) is 5.28. The van der Waals surface area contributed by atoms with Gasteiger partial charge < -0.3 is 10.1 Å². The minimum absolute atomic E-state index is 0.167. The number of aromatic nitrogens is 2. The summed E-state index contributed by atoms with van der Waals surface area (Å²) in [6, 6.07) is 1.88. The van der Waals surface area contributed by atoms with Gasteiger partial charge in [-0.1, -0.05) is 0 Å². The molecule has 0 atom stereocenters. The maximum Gasteiger partial charge on any atom is 0.305 e. The van der Waals surface area contributed by atoms with Crippen LogP contribution >= 0.6 is 0 Å². The van der Waals surface area contributed by atoms with Gasteiger partial charge in [0.2, 0.25) is 0 Å². The fourth-order valence-electron chi connectivity index (χ4n) is 1.28. The van der Waals surface area contributed by atoms with Gasteiger partial charge in [-0.05, 0) is 26.0 Å². The lowest BCUT2D eigenvalue weighted by Crippen LogP contribution is -2.17. The van der Waals surface area contributed by atoms with E-state index in [0.717, 1.165) is 24.5 Å². The first-order valence-electron chi connectivity index (χ1n) is 5.28. The number of hydrogen-bond acceptors (Lipinski definition) is 5. The number of rotatable bonds is 6. The second-order valence-electron chi connectivity index (χ2n) is 3.45. The van der Waals surface area contributed by atoms with E-state index < -0.39 is 0 Å². The van der Waals surface area contributed by atoms with Gasteiger partial charge in [0, 0.05) is 19.2 Å². The van der Waals surface area contributed by atoms with Gasteiger partial charge in [-0.2, -0.15) is 0 Å². The lowest BCUT2D eigenvalue weighted by Gasteiger charge is -2.04. The second-order valence-corrected chi connectivity index (χ2v) is 3.45.